The molecule has 2 aromatic rings. The third-order valence-electron chi connectivity index (χ3n) is 4.80. The first kappa shape index (κ1) is 14.5. The predicted octanol–water partition coefficient (Wildman–Crippen LogP) is 3.91. The van der Waals surface area contributed by atoms with E-state index in [1.807, 2.05) is 12.1 Å². The molecule has 3 nitrogen and oxygen atoms in total. The van der Waals surface area contributed by atoms with Crippen LogP contribution in [0.2, 0.25) is 0 Å². The molecule has 4 rings (SSSR count). The Kier molecular flexibility index (Phi) is 3.88. The molecule has 1 heterocycles. The molecule has 0 spiro atoms. The van der Waals surface area contributed by atoms with Gasteiger partial charge in [-0.3, -0.25) is 0 Å². The van der Waals surface area contributed by atoms with Crippen molar-refractivity contribution in [2.45, 2.75) is 31.3 Å². The lowest BCUT2D eigenvalue weighted by Crippen LogP contribution is -2.30. The molecule has 1 aliphatic carbocycles. The summed E-state index contributed by atoms with van der Waals surface area (Å²) in [6.07, 6.45) is 2.47. The first-order valence-electron chi connectivity index (χ1n) is 8.31. The summed E-state index contributed by atoms with van der Waals surface area (Å²) in [6.45, 7) is 1.04. The fourth-order valence-electron chi connectivity index (χ4n) is 3.62. The van der Waals surface area contributed by atoms with Crippen molar-refractivity contribution in [2.24, 2.45) is 0 Å². The lowest BCUT2D eigenvalue weighted by atomic mass is 9.98. The number of carbonyl (C=O) groups excluding carboxylic acids is 1. The van der Waals surface area contributed by atoms with Gasteiger partial charge in [0.15, 0.2) is 6.10 Å². The summed E-state index contributed by atoms with van der Waals surface area (Å²) in [7, 11) is 0. The zero-order valence-corrected chi connectivity index (χ0v) is 13.0. The van der Waals surface area contributed by atoms with Crippen molar-refractivity contribution in [1.29, 1.82) is 0 Å². The highest BCUT2D eigenvalue weighted by molar-refractivity contribution is 5.79. The zero-order valence-electron chi connectivity index (χ0n) is 13.0. The third kappa shape index (κ3) is 2.66. The molecule has 0 N–H and O–H groups in total. The smallest absolute Gasteiger partial charge is 0.335 e. The second-order valence-electron chi connectivity index (χ2n) is 6.21. The maximum Gasteiger partial charge on any atom is 0.335 e. The molecule has 1 fully saturated rings. The summed E-state index contributed by atoms with van der Waals surface area (Å²) >= 11 is 0. The van der Waals surface area contributed by atoms with Crippen LogP contribution in [0.5, 0.6) is 0 Å². The van der Waals surface area contributed by atoms with Gasteiger partial charge in [0.25, 0.3) is 0 Å². The standard InChI is InChI=1S/C20H20O3/c21-20(19-11-5-6-12-22-19)23-13-18-16-9-3-1-7-14(16)15-8-2-4-10-17(15)18/h1-4,7-10,18-19H,5-6,11-13H2. The van der Waals surface area contributed by atoms with Gasteiger partial charge in [-0.2, -0.15) is 0 Å². The molecule has 0 bridgehead atoms. The van der Waals surface area contributed by atoms with Crippen molar-refractivity contribution in [3.63, 3.8) is 0 Å². The molecule has 23 heavy (non-hydrogen) atoms. The van der Waals surface area contributed by atoms with Crippen molar-refractivity contribution in [3.05, 3.63) is 59.7 Å². The topological polar surface area (TPSA) is 35.5 Å². The van der Waals surface area contributed by atoms with Gasteiger partial charge in [-0.25, -0.2) is 4.79 Å². The van der Waals surface area contributed by atoms with Crippen LogP contribution in [-0.2, 0) is 14.3 Å². The molecule has 3 heteroatoms. The average molecular weight is 308 g/mol. The highest BCUT2D eigenvalue weighted by Crippen LogP contribution is 2.44. The van der Waals surface area contributed by atoms with Crippen LogP contribution >= 0.6 is 0 Å². The summed E-state index contributed by atoms with van der Waals surface area (Å²) in [6, 6.07) is 16.7. The van der Waals surface area contributed by atoms with Gasteiger partial charge in [0.2, 0.25) is 0 Å². The number of hydrogen-bond donors (Lipinski definition) is 0. The fourth-order valence-corrected chi connectivity index (χ4v) is 3.62. The largest absolute Gasteiger partial charge is 0.463 e. The molecular formula is C20H20O3. The second-order valence-corrected chi connectivity index (χ2v) is 6.21. The van der Waals surface area contributed by atoms with Crippen molar-refractivity contribution >= 4 is 5.97 Å². The first-order chi connectivity index (χ1) is 11.3. The number of esters is 1. The number of ether oxygens (including phenoxy) is 2. The predicted molar refractivity (Wildman–Crippen MR) is 88.3 cm³/mol. The van der Waals surface area contributed by atoms with Gasteiger partial charge in [0, 0.05) is 12.5 Å². The Morgan fingerprint density at radius 3 is 2.26 bits per heavy atom. The van der Waals surface area contributed by atoms with Gasteiger partial charge in [-0.1, -0.05) is 48.5 Å². The van der Waals surface area contributed by atoms with Crippen LogP contribution in [0.15, 0.2) is 48.5 Å². The Balaban J connectivity index is 1.53. The molecule has 0 radical (unpaired) electrons. The van der Waals surface area contributed by atoms with E-state index in [1.54, 1.807) is 0 Å². The second kappa shape index (κ2) is 6.17. The maximum atomic E-state index is 12.2. The quantitative estimate of drug-likeness (QED) is 0.806. The van der Waals surface area contributed by atoms with E-state index in [-0.39, 0.29) is 18.0 Å². The Morgan fingerprint density at radius 2 is 1.65 bits per heavy atom. The zero-order chi connectivity index (χ0) is 15.6. The fraction of sp³-hybridized carbons (Fsp3) is 0.350. The number of hydrogen-bond acceptors (Lipinski definition) is 3. The first-order valence-corrected chi connectivity index (χ1v) is 8.31. The Hall–Kier alpha value is -2.13. The van der Waals surface area contributed by atoms with E-state index >= 15 is 0 Å². The van der Waals surface area contributed by atoms with Crippen LogP contribution in [0.4, 0.5) is 0 Å². The third-order valence-corrected chi connectivity index (χ3v) is 4.80. The number of benzene rings is 2. The SMILES string of the molecule is O=C(OCC1c2ccccc2-c2ccccc21)C1CCCCO1. The Bertz CT molecular complexity index is 671. The van der Waals surface area contributed by atoms with Gasteiger partial charge < -0.3 is 9.47 Å². The highest BCUT2D eigenvalue weighted by atomic mass is 16.6. The van der Waals surface area contributed by atoms with Crippen LogP contribution in [-0.4, -0.2) is 25.3 Å². The van der Waals surface area contributed by atoms with Gasteiger partial charge >= 0.3 is 5.97 Å². The van der Waals surface area contributed by atoms with E-state index in [1.165, 1.54) is 22.3 Å². The molecule has 1 atom stereocenters. The molecule has 0 amide bonds. The van der Waals surface area contributed by atoms with E-state index in [0.717, 1.165) is 19.3 Å². The van der Waals surface area contributed by atoms with E-state index < -0.39 is 0 Å². The van der Waals surface area contributed by atoms with Crippen LogP contribution in [0.25, 0.3) is 11.1 Å². The number of carbonyl (C=O) groups is 1. The van der Waals surface area contributed by atoms with Gasteiger partial charge in [-0.05, 0) is 41.5 Å². The maximum absolute atomic E-state index is 12.2. The molecule has 1 aliphatic heterocycles. The summed E-state index contributed by atoms with van der Waals surface area (Å²) in [5.74, 6) is -0.0958. The van der Waals surface area contributed by atoms with Crippen molar-refractivity contribution < 1.29 is 14.3 Å². The monoisotopic (exact) mass is 308 g/mol. The molecule has 0 aromatic heterocycles. The van der Waals surface area contributed by atoms with Gasteiger partial charge in [-0.15, -0.1) is 0 Å². The molecule has 1 saturated heterocycles. The number of rotatable bonds is 3. The lowest BCUT2D eigenvalue weighted by Gasteiger charge is -2.22. The van der Waals surface area contributed by atoms with Crippen molar-refractivity contribution in [3.8, 4) is 11.1 Å². The molecule has 0 saturated carbocycles. The van der Waals surface area contributed by atoms with E-state index in [9.17, 15) is 4.79 Å². The Morgan fingerprint density at radius 1 is 1.00 bits per heavy atom. The summed E-state index contributed by atoms with van der Waals surface area (Å²) in [5, 5.41) is 0. The molecular weight excluding hydrogens is 288 g/mol. The highest BCUT2D eigenvalue weighted by Gasteiger charge is 2.30. The minimum absolute atomic E-state index is 0.120. The summed E-state index contributed by atoms with van der Waals surface area (Å²) in [5.41, 5.74) is 4.98. The summed E-state index contributed by atoms with van der Waals surface area (Å²) in [4.78, 5) is 12.2. The molecule has 118 valence electrons. The van der Waals surface area contributed by atoms with Crippen LogP contribution in [0, 0.1) is 0 Å². The normalized spacial score (nSPS) is 19.9. The van der Waals surface area contributed by atoms with Gasteiger partial charge in [0.1, 0.15) is 6.61 Å². The van der Waals surface area contributed by atoms with E-state index in [2.05, 4.69) is 36.4 Å². The summed E-state index contributed by atoms with van der Waals surface area (Å²) < 4.78 is 11.1. The molecule has 2 aromatic carbocycles. The minimum atomic E-state index is -0.379. The minimum Gasteiger partial charge on any atom is -0.463 e. The van der Waals surface area contributed by atoms with Crippen molar-refractivity contribution in [2.75, 3.05) is 13.2 Å². The molecule has 1 unspecified atom stereocenters. The van der Waals surface area contributed by atoms with E-state index in [0.29, 0.717) is 13.2 Å². The number of fused-ring (bicyclic) bond motifs is 3. The Labute approximate surface area is 136 Å². The van der Waals surface area contributed by atoms with Gasteiger partial charge in [0.05, 0.1) is 0 Å². The lowest BCUT2D eigenvalue weighted by molar-refractivity contribution is -0.160. The molecule has 2 aliphatic rings. The van der Waals surface area contributed by atoms with Crippen LogP contribution in [0.1, 0.15) is 36.3 Å². The average Bonchev–Trinajstić information content (AvgIpc) is 2.94. The van der Waals surface area contributed by atoms with Crippen LogP contribution in [0.3, 0.4) is 0 Å². The van der Waals surface area contributed by atoms with Crippen molar-refractivity contribution in [1.82, 2.24) is 0 Å². The van der Waals surface area contributed by atoms with Crippen LogP contribution < -0.4 is 0 Å². The van der Waals surface area contributed by atoms with E-state index in [4.69, 9.17) is 9.47 Å².